The van der Waals surface area contributed by atoms with Crippen LogP contribution in [0.15, 0.2) is 12.2 Å². The van der Waals surface area contributed by atoms with Gasteiger partial charge in [-0.25, -0.2) is 8.42 Å². The van der Waals surface area contributed by atoms with Crippen molar-refractivity contribution in [2.24, 2.45) is 56.7 Å². The quantitative estimate of drug-likeness (QED) is 0.192. The summed E-state index contributed by atoms with van der Waals surface area (Å²) in [4.78, 5) is 27.1. The third-order valence-electron chi connectivity index (χ3n) is 16.8. The zero-order valence-electron chi connectivity index (χ0n) is 32.5. The van der Waals surface area contributed by atoms with E-state index in [1.165, 1.54) is 50.5 Å². The van der Waals surface area contributed by atoms with Crippen LogP contribution in [-0.4, -0.2) is 79.7 Å². The molecule has 10 atom stereocenters. The van der Waals surface area contributed by atoms with Crippen molar-refractivity contribution in [2.75, 3.05) is 37.7 Å². The third kappa shape index (κ3) is 6.13. The van der Waals surface area contributed by atoms with Crippen LogP contribution in [0.2, 0.25) is 0 Å². The van der Waals surface area contributed by atoms with E-state index in [1.807, 2.05) is 0 Å². The van der Waals surface area contributed by atoms with Crippen LogP contribution in [0.5, 0.6) is 0 Å². The molecule has 0 aromatic heterocycles. The fraction of sp³-hybridized carbons (Fsp3) is 0.902. The lowest BCUT2D eigenvalue weighted by Gasteiger charge is -2.73. The molecule has 2 N–H and O–H groups in total. The van der Waals surface area contributed by atoms with Crippen LogP contribution < -0.4 is 5.32 Å². The maximum absolute atomic E-state index is 13.1. The fourth-order valence-electron chi connectivity index (χ4n) is 13.7. The number of fused-ring (bicyclic) bond motifs is 7. The molecule has 1 aliphatic heterocycles. The molecule has 0 aromatic rings. The number of hydrogen-bond acceptors (Lipinski definition) is 7. The Morgan fingerprint density at radius 1 is 0.900 bits per heavy atom. The minimum Gasteiger partial charge on any atom is -0.481 e. The number of rotatable bonds is 9. The molecule has 8 nitrogen and oxygen atoms in total. The van der Waals surface area contributed by atoms with E-state index in [-0.39, 0.29) is 57.2 Å². The predicted octanol–water partition coefficient (Wildman–Crippen LogP) is 7.13. The van der Waals surface area contributed by atoms with Crippen LogP contribution in [0.4, 0.5) is 0 Å². The topological polar surface area (TPSA) is 113 Å². The number of ether oxygens (including phenoxy) is 1. The molecule has 0 spiro atoms. The summed E-state index contributed by atoms with van der Waals surface area (Å²) >= 11 is 0. The van der Waals surface area contributed by atoms with Crippen molar-refractivity contribution in [1.29, 1.82) is 0 Å². The lowest BCUT2D eigenvalue weighted by Crippen LogP contribution is -2.69. The molecule has 0 aromatic carbocycles. The smallest absolute Gasteiger partial charge is 0.309 e. The summed E-state index contributed by atoms with van der Waals surface area (Å²) in [6.45, 7) is 25.7. The molecule has 5 saturated carbocycles. The number of esters is 1. The van der Waals surface area contributed by atoms with Gasteiger partial charge in [0.2, 0.25) is 0 Å². The van der Waals surface area contributed by atoms with E-state index in [2.05, 4.69) is 58.3 Å². The number of nitrogens with one attached hydrogen (secondary N) is 1. The number of carbonyl (C=O) groups is 2. The highest BCUT2D eigenvalue weighted by Crippen LogP contribution is 2.76. The first-order chi connectivity index (χ1) is 23.1. The van der Waals surface area contributed by atoms with Crippen molar-refractivity contribution in [2.45, 2.75) is 138 Å². The average Bonchev–Trinajstić information content (AvgIpc) is 3.39. The highest BCUT2D eigenvalue weighted by Gasteiger charge is 2.71. The van der Waals surface area contributed by atoms with Gasteiger partial charge < -0.3 is 20.1 Å². The van der Waals surface area contributed by atoms with E-state index in [0.29, 0.717) is 42.7 Å². The minimum atomic E-state index is -2.87. The normalized spacial score (nSPS) is 43.8. The van der Waals surface area contributed by atoms with Crippen LogP contribution in [0.3, 0.4) is 0 Å². The first-order valence-electron chi connectivity index (χ1n) is 19.9. The van der Waals surface area contributed by atoms with E-state index in [4.69, 9.17) is 4.74 Å². The highest BCUT2D eigenvalue weighted by atomic mass is 32.2. The second kappa shape index (κ2) is 12.8. The molecule has 50 heavy (non-hydrogen) atoms. The molecule has 1 heterocycles. The highest BCUT2D eigenvalue weighted by molar-refractivity contribution is 7.91. The van der Waals surface area contributed by atoms with E-state index in [9.17, 15) is 23.1 Å². The van der Waals surface area contributed by atoms with Gasteiger partial charge in [0.05, 0.1) is 23.3 Å². The van der Waals surface area contributed by atoms with Gasteiger partial charge in [0.25, 0.3) is 0 Å². The van der Waals surface area contributed by atoms with Crippen LogP contribution in [0, 0.1) is 56.7 Å². The number of carboxylic acid groups (broad SMARTS) is 1. The van der Waals surface area contributed by atoms with Gasteiger partial charge in [-0.1, -0.05) is 46.8 Å². The van der Waals surface area contributed by atoms with Gasteiger partial charge in [-0.3, -0.25) is 9.59 Å². The van der Waals surface area contributed by atoms with Gasteiger partial charge in [-0.2, -0.15) is 0 Å². The van der Waals surface area contributed by atoms with E-state index in [0.717, 1.165) is 32.4 Å². The number of allylic oxidation sites excluding steroid dienone is 1. The Balaban J connectivity index is 1.20. The summed E-state index contributed by atoms with van der Waals surface area (Å²) in [7, 11) is -2.87. The molecule has 10 unspecified atom stereocenters. The summed E-state index contributed by atoms with van der Waals surface area (Å²) in [6.07, 6.45) is 11.3. The summed E-state index contributed by atoms with van der Waals surface area (Å²) in [6, 6.07) is 0. The van der Waals surface area contributed by atoms with Crippen LogP contribution in [-0.2, 0) is 24.2 Å². The van der Waals surface area contributed by atoms with E-state index >= 15 is 0 Å². The van der Waals surface area contributed by atoms with Gasteiger partial charge in [0.1, 0.15) is 6.10 Å². The zero-order chi connectivity index (χ0) is 36.7. The Labute approximate surface area is 303 Å². The zero-order valence-corrected chi connectivity index (χ0v) is 33.4. The molecule has 0 radical (unpaired) electrons. The van der Waals surface area contributed by atoms with Gasteiger partial charge in [-0.15, -0.1) is 0 Å². The molecule has 0 bridgehead atoms. The molecular weight excluding hydrogens is 649 g/mol. The minimum absolute atomic E-state index is 0.109. The summed E-state index contributed by atoms with van der Waals surface area (Å²) in [5.41, 5.74) is 0.753. The van der Waals surface area contributed by atoms with Crippen molar-refractivity contribution in [3.63, 3.8) is 0 Å². The SMILES string of the molecule is C=C(C)C1CCC2(NCCN3CCS(=O)(=O)CC3)CCC3(C)C(CCC4C5(C)CCC(OC(=O)CC(C)(C)C(=O)O)C(C)(C)C5CCC43C)C12. The maximum atomic E-state index is 13.1. The summed E-state index contributed by atoms with van der Waals surface area (Å²) in [5, 5.41) is 13.8. The van der Waals surface area contributed by atoms with E-state index < -0.39 is 21.2 Å². The molecule has 0 amide bonds. The van der Waals surface area contributed by atoms with Crippen LogP contribution >= 0.6 is 0 Å². The third-order valence-corrected chi connectivity index (χ3v) is 18.4. The van der Waals surface area contributed by atoms with Gasteiger partial charge in [-0.05, 0) is 131 Å². The van der Waals surface area contributed by atoms with E-state index in [1.54, 1.807) is 13.8 Å². The second-order valence-electron chi connectivity index (χ2n) is 20.0. The molecule has 284 valence electrons. The van der Waals surface area contributed by atoms with Gasteiger partial charge in [0, 0.05) is 37.1 Å². The summed E-state index contributed by atoms with van der Waals surface area (Å²) < 4.78 is 30.2. The monoisotopic (exact) mass is 716 g/mol. The first-order valence-corrected chi connectivity index (χ1v) is 21.7. The molecule has 9 heteroatoms. The number of hydrogen-bond donors (Lipinski definition) is 2. The summed E-state index contributed by atoms with van der Waals surface area (Å²) in [5.74, 6) is 2.00. The Morgan fingerprint density at radius 3 is 2.22 bits per heavy atom. The second-order valence-corrected chi connectivity index (χ2v) is 22.3. The molecular formula is C41H68N2O6S. The first kappa shape index (κ1) is 38.3. The van der Waals surface area contributed by atoms with Crippen LogP contribution in [0.25, 0.3) is 0 Å². The van der Waals surface area contributed by atoms with Crippen LogP contribution in [0.1, 0.15) is 126 Å². The molecule has 1 saturated heterocycles. The van der Waals surface area contributed by atoms with Gasteiger partial charge in [0.15, 0.2) is 9.84 Å². The number of aliphatic carboxylic acids is 1. The maximum Gasteiger partial charge on any atom is 0.309 e. The predicted molar refractivity (Wildman–Crippen MR) is 198 cm³/mol. The Morgan fingerprint density at radius 2 is 1.58 bits per heavy atom. The molecule has 6 rings (SSSR count). The molecule has 6 aliphatic rings. The molecule has 5 aliphatic carbocycles. The lowest BCUT2D eigenvalue weighted by atomic mass is 9.32. The lowest BCUT2D eigenvalue weighted by molar-refractivity contribution is -0.246. The van der Waals surface area contributed by atoms with Crippen molar-refractivity contribution in [3.05, 3.63) is 12.2 Å². The van der Waals surface area contributed by atoms with Gasteiger partial charge >= 0.3 is 11.9 Å². The number of sulfone groups is 1. The Hall–Kier alpha value is -1.45. The molecule has 6 fully saturated rings. The Kier molecular flexibility index (Phi) is 9.84. The average molecular weight is 717 g/mol. The standard InChI is InChI=1S/C41H68N2O6S/c1-27(2)28-12-17-41(42-20-21-43-22-24-50(47,48)25-23-43)19-18-39(8)29(34(28)41)10-11-31-38(7)15-14-32(49-33(44)26-36(3,4)35(45)46)37(5,6)30(38)13-16-40(31,39)9/h28-32,34,42H,1,10-26H2,2-9H3,(H,45,46). The largest absolute Gasteiger partial charge is 0.481 e. The fourth-order valence-corrected chi connectivity index (χ4v) is 15.0. The number of nitrogens with zero attached hydrogens (tertiary/aromatic N) is 1. The van der Waals surface area contributed by atoms with Crippen molar-refractivity contribution < 1.29 is 27.9 Å². The van der Waals surface area contributed by atoms with Crippen molar-refractivity contribution in [3.8, 4) is 0 Å². The number of carboxylic acids is 1. The number of carbonyl (C=O) groups excluding carboxylic acids is 1. The Bertz CT molecular complexity index is 1460. The van der Waals surface area contributed by atoms with Crippen molar-refractivity contribution >= 4 is 21.8 Å². The van der Waals surface area contributed by atoms with Crippen molar-refractivity contribution in [1.82, 2.24) is 10.2 Å².